The zero-order chi connectivity index (χ0) is 10.7. The van der Waals surface area contributed by atoms with E-state index in [0.717, 1.165) is 11.1 Å². The van der Waals surface area contributed by atoms with Crippen molar-refractivity contribution >= 4 is 12.0 Å². The van der Waals surface area contributed by atoms with E-state index in [2.05, 4.69) is 0 Å². The highest BCUT2D eigenvalue weighted by atomic mass is 16.6. The van der Waals surface area contributed by atoms with Crippen LogP contribution in [0.2, 0.25) is 0 Å². The molecular weight excluding hydrogens is 192 g/mol. The Morgan fingerprint density at radius 1 is 1.47 bits per heavy atom. The van der Waals surface area contributed by atoms with Crippen LogP contribution >= 0.6 is 0 Å². The summed E-state index contributed by atoms with van der Waals surface area (Å²) in [7, 11) is 0. The minimum Gasteiger partial charge on any atom is -0.481 e. The van der Waals surface area contributed by atoms with Gasteiger partial charge < -0.3 is 9.47 Å². The molecule has 1 heterocycles. The third-order valence-corrected chi connectivity index (χ3v) is 2.24. The Morgan fingerprint density at radius 3 is 3.07 bits per heavy atom. The lowest BCUT2D eigenvalue weighted by Crippen LogP contribution is -2.19. The number of benzene rings is 1. The summed E-state index contributed by atoms with van der Waals surface area (Å²) in [5.41, 5.74) is 1.86. The number of ether oxygens (including phenoxy) is 2. The first-order valence-corrected chi connectivity index (χ1v) is 4.90. The average molecular weight is 204 g/mol. The zero-order valence-electron chi connectivity index (χ0n) is 8.47. The van der Waals surface area contributed by atoms with Gasteiger partial charge in [0.25, 0.3) is 0 Å². The molecule has 0 aliphatic carbocycles. The molecule has 0 N–H and O–H groups in total. The normalized spacial score (nSPS) is 17.8. The third-order valence-electron chi connectivity index (χ3n) is 2.24. The topological polar surface area (TPSA) is 35.5 Å². The molecule has 1 aromatic rings. The highest BCUT2D eigenvalue weighted by Gasteiger charge is 2.26. The van der Waals surface area contributed by atoms with Crippen LogP contribution < -0.4 is 0 Å². The van der Waals surface area contributed by atoms with Gasteiger partial charge in [-0.3, -0.25) is 0 Å². The Bertz CT molecular complexity index is 396. The molecule has 0 saturated heterocycles. The van der Waals surface area contributed by atoms with Gasteiger partial charge in [-0.25, -0.2) is 4.79 Å². The number of carbonyl (C=O) groups is 1. The molecule has 2 rings (SSSR count). The monoisotopic (exact) mass is 204 g/mol. The van der Waals surface area contributed by atoms with E-state index < -0.39 is 6.10 Å². The van der Waals surface area contributed by atoms with Crippen molar-refractivity contribution in [1.29, 1.82) is 0 Å². The lowest BCUT2D eigenvalue weighted by molar-refractivity contribution is -0.153. The molecule has 0 saturated carbocycles. The molecule has 0 aromatic heterocycles. The maximum Gasteiger partial charge on any atom is 0.352 e. The largest absolute Gasteiger partial charge is 0.481 e. The first kappa shape index (κ1) is 9.77. The van der Waals surface area contributed by atoms with Crippen LogP contribution in [0, 0.1) is 0 Å². The number of esters is 1. The summed E-state index contributed by atoms with van der Waals surface area (Å²) in [5, 5.41) is 0. The van der Waals surface area contributed by atoms with Crippen molar-refractivity contribution in [2.75, 3.05) is 6.61 Å². The molecule has 3 nitrogen and oxygen atoms in total. The molecule has 1 unspecified atom stereocenters. The van der Waals surface area contributed by atoms with Crippen LogP contribution in [0.5, 0.6) is 0 Å². The van der Waals surface area contributed by atoms with E-state index in [-0.39, 0.29) is 5.97 Å². The Kier molecular flexibility index (Phi) is 2.72. The van der Waals surface area contributed by atoms with Gasteiger partial charge in [0.2, 0.25) is 6.10 Å². The Balaban J connectivity index is 2.30. The van der Waals surface area contributed by atoms with Crippen LogP contribution in [-0.4, -0.2) is 12.6 Å². The van der Waals surface area contributed by atoms with Gasteiger partial charge in [-0.05, 0) is 18.6 Å². The van der Waals surface area contributed by atoms with Gasteiger partial charge in [0.1, 0.15) is 0 Å². The third kappa shape index (κ3) is 1.86. The van der Waals surface area contributed by atoms with Gasteiger partial charge in [-0.15, -0.1) is 0 Å². The SMILES string of the molecule is CCOC(=O)C1OC=Cc2ccccc21. The first-order chi connectivity index (χ1) is 7.33. The van der Waals surface area contributed by atoms with E-state index in [9.17, 15) is 4.79 Å². The van der Waals surface area contributed by atoms with Gasteiger partial charge >= 0.3 is 5.97 Å². The van der Waals surface area contributed by atoms with Crippen LogP contribution in [0.1, 0.15) is 24.2 Å². The molecule has 15 heavy (non-hydrogen) atoms. The molecule has 0 radical (unpaired) electrons. The van der Waals surface area contributed by atoms with Crippen molar-refractivity contribution in [3.05, 3.63) is 41.7 Å². The van der Waals surface area contributed by atoms with Gasteiger partial charge in [0, 0.05) is 5.56 Å². The highest BCUT2D eigenvalue weighted by Crippen LogP contribution is 2.28. The second kappa shape index (κ2) is 4.17. The number of hydrogen-bond acceptors (Lipinski definition) is 3. The fourth-order valence-corrected chi connectivity index (χ4v) is 1.57. The lowest BCUT2D eigenvalue weighted by atomic mass is 10.0. The average Bonchev–Trinajstić information content (AvgIpc) is 2.28. The molecule has 78 valence electrons. The Labute approximate surface area is 88.3 Å². The van der Waals surface area contributed by atoms with Crippen molar-refractivity contribution in [2.24, 2.45) is 0 Å². The van der Waals surface area contributed by atoms with Crippen molar-refractivity contribution in [2.45, 2.75) is 13.0 Å². The van der Waals surface area contributed by atoms with Crippen molar-refractivity contribution in [3.63, 3.8) is 0 Å². The summed E-state index contributed by atoms with van der Waals surface area (Å²) in [5.74, 6) is -0.339. The number of fused-ring (bicyclic) bond motifs is 1. The van der Waals surface area contributed by atoms with E-state index in [1.54, 1.807) is 6.92 Å². The van der Waals surface area contributed by atoms with Crippen molar-refractivity contribution < 1.29 is 14.3 Å². The molecule has 1 aliphatic heterocycles. The predicted octanol–water partition coefficient (Wildman–Crippen LogP) is 2.29. The van der Waals surface area contributed by atoms with Crippen molar-refractivity contribution in [1.82, 2.24) is 0 Å². The minimum atomic E-state index is -0.619. The summed E-state index contributed by atoms with van der Waals surface area (Å²) < 4.78 is 10.2. The van der Waals surface area contributed by atoms with Crippen LogP contribution in [0.3, 0.4) is 0 Å². The van der Waals surface area contributed by atoms with Crippen LogP contribution in [0.4, 0.5) is 0 Å². The Hall–Kier alpha value is -1.77. The summed E-state index contributed by atoms with van der Waals surface area (Å²) in [4.78, 5) is 11.6. The number of hydrogen-bond donors (Lipinski definition) is 0. The van der Waals surface area contributed by atoms with Gasteiger partial charge in [0.15, 0.2) is 0 Å². The van der Waals surface area contributed by atoms with Gasteiger partial charge in [0.05, 0.1) is 12.9 Å². The van der Waals surface area contributed by atoms with E-state index in [0.29, 0.717) is 6.61 Å². The maximum atomic E-state index is 11.6. The quantitative estimate of drug-likeness (QED) is 0.693. The Morgan fingerprint density at radius 2 is 2.27 bits per heavy atom. The zero-order valence-corrected chi connectivity index (χ0v) is 8.47. The summed E-state index contributed by atoms with van der Waals surface area (Å²) in [6, 6.07) is 7.63. The van der Waals surface area contributed by atoms with E-state index in [4.69, 9.17) is 9.47 Å². The second-order valence-electron chi connectivity index (χ2n) is 3.20. The molecule has 0 amide bonds. The molecule has 1 aromatic carbocycles. The smallest absolute Gasteiger partial charge is 0.352 e. The fourth-order valence-electron chi connectivity index (χ4n) is 1.57. The molecule has 3 heteroatoms. The second-order valence-corrected chi connectivity index (χ2v) is 3.20. The maximum absolute atomic E-state index is 11.6. The molecule has 0 bridgehead atoms. The fraction of sp³-hybridized carbons (Fsp3) is 0.250. The van der Waals surface area contributed by atoms with Gasteiger partial charge in [-0.2, -0.15) is 0 Å². The van der Waals surface area contributed by atoms with E-state index in [1.807, 2.05) is 30.3 Å². The summed E-state index contributed by atoms with van der Waals surface area (Å²) >= 11 is 0. The predicted molar refractivity (Wildman–Crippen MR) is 55.9 cm³/mol. The van der Waals surface area contributed by atoms with Crippen LogP contribution in [0.15, 0.2) is 30.5 Å². The first-order valence-electron chi connectivity index (χ1n) is 4.90. The lowest BCUT2D eigenvalue weighted by Gasteiger charge is -2.20. The number of carbonyl (C=O) groups excluding carboxylic acids is 1. The van der Waals surface area contributed by atoms with E-state index >= 15 is 0 Å². The highest BCUT2D eigenvalue weighted by molar-refractivity contribution is 5.79. The van der Waals surface area contributed by atoms with Crippen LogP contribution in [0.25, 0.3) is 6.08 Å². The number of rotatable bonds is 2. The van der Waals surface area contributed by atoms with Gasteiger partial charge in [-0.1, -0.05) is 24.3 Å². The van der Waals surface area contributed by atoms with E-state index in [1.165, 1.54) is 6.26 Å². The molecule has 1 aliphatic rings. The standard InChI is InChI=1S/C12H12O3/c1-2-14-12(13)11-10-6-4-3-5-9(10)7-8-15-11/h3-8,11H,2H2,1H3. The molecule has 0 fully saturated rings. The molecule has 0 spiro atoms. The molecular formula is C12H12O3. The van der Waals surface area contributed by atoms with Crippen LogP contribution in [-0.2, 0) is 14.3 Å². The summed E-state index contributed by atoms with van der Waals surface area (Å²) in [6.07, 6.45) is 2.75. The summed E-state index contributed by atoms with van der Waals surface area (Å²) in [6.45, 7) is 2.15. The molecule has 1 atom stereocenters. The van der Waals surface area contributed by atoms with Crippen molar-refractivity contribution in [3.8, 4) is 0 Å². The minimum absolute atomic E-state index is 0.339.